The lowest BCUT2D eigenvalue weighted by atomic mass is 10.2. The Hall–Kier alpha value is -3.15. The Labute approximate surface area is 145 Å². The molecule has 0 aliphatic heterocycles. The summed E-state index contributed by atoms with van der Waals surface area (Å²) in [5.41, 5.74) is 2.87. The Balaban J connectivity index is 1.72. The van der Waals surface area contributed by atoms with Gasteiger partial charge in [-0.25, -0.2) is 4.98 Å². The van der Waals surface area contributed by atoms with Crippen LogP contribution in [0.1, 0.15) is 5.56 Å². The number of benzene rings is 2. The van der Waals surface area contributed by atoms with Gasteiger partial charge in [-0.2, -0.15) is 0 Å². The van der Waals surface area contributed by atoms with Crippen molar-refractivity contribution in [2.75, 3.05) is 19.0 Å². The topological polar surface area (TPSA) is 64.4 Å². The Morgan fingerprint density at radius 3 is 2.76 bits per heavy atom. The number of hydrogen-bond acceptors (Lipinski definition) is 5. The van der Waals surface area contributed by atoms with E-state index in [1.165, 1.54) is 10.8 Å². The molecule has 0 radical (unpaired) electrons. The molecule has 0 saturated carbocycles. The van der Waals surface area contributed by atoms with Crippen LogP contribution in [0.4, 0.5) is 5.69 Å². The molecule has 0 atom stereocenters. The number of rotatable bonds is 5. The molecule has 1 heterocycles. The largest absolute Gasteiger partial charge is 0.459 e. The normalized spacial score (nSPS) is 10.6. The standard InChI is InChI=1S/C19H19N3O3/c1-21(2)15-7-5-6-14(10-15)13-25-19(24)12-22-17-9-4-3-8-16(17)20-11-18(22)23/h3-11H,12-13H2,1-2H3. The number of hydrogen-bond donors (Lipinski definition) is 0. The van der Waals surface area contributed by atoms with E-state index in [2.05, 4.69) is 4.98 Å². The maximum Gasteiger partial charge on any atom is 0.326 e. The predicted octanol–water partition coefficient (Wildman–Crippen LogP) is 2.21. The smallest absolute Gasteiger partial charge is 0.326 e. The van der Waals surface area contributed by atoms with Crippen molar-refractivity contribution in [1.29, 1.82) is 0 Å². The van der Waals surface area contributed by atoms with Crippen LogP contribution in [0.5, 0.6) is 0 Å². The first-order chi connectivity index (χ1) is 12.0. The van der Waals surface area contributed by atoms with E-state index in [-0.39, 0.29) is 18.7 Å². The molecule has 1 aromatic heterocycles. The van der Waals surface area contributed by atoms with Crippen molar-refractivity contribution in [1.82, 2.24) is 9.55 Å². The third kappa shape index (κ3) is 3.85. The van der Waals surface area contributed by atoms with Gasteiger partial charge < -0.3 is 9.64 Å². The number of nitrogens with zero attached hydrogens (tertiary/aromatic N) is 3. The maximum atomic E-state index is 12.2. The molecule has 0 fully saturated rings. The van der Waals surface area contributed by atoms with Gasteiger partial charge in [0, 0.05) is 19.8 Å². The fourth-order valence-electron chi connectivity index (χ4n) is 2.54. The van der Waals surface area contributed by atoms with Gasteiger partial charge in [0.05, 0.1) is 17.2 Å². The van der Waals surface area contributed by atoms with Crippen LogP contribution in [-0.4, -0.2) is 29.6 Å². The molecule has 6 nitrogen and oxygen atoms in total. The van der Waals surface area contributed by atoms with Crippen molar-refractivity contribution in [3.05, 3.63) is 70.6 Å². The summed E-state index contributed by atoms with van der Waals surface area (Å²) < 4.78 is 6.71. The molecule has 0 spiro atoms. The third-order valence-electron chi connectivity index (χ3n) is 3.87. The van der Waals surface area contributed by atoms with Crippen LogP contribution in [0.15, 0.2) is 59.5 Å². The fourth-order valence-corrected chi connectivity index (χ4v) is 2.54. The van der Waals surface area contributed by atoms with Crippen molar-refractivity contribution in [3.8, 4) is 0 Å². The highest BCUT2D eigenvalue weighted by Gasteiger charge is 2.10. The summed E-state index contributed by atoms with van der Waals surface area (Å²) in [6.45, 7) is 0.0213. The SMILES string of the molecule is CN(C)c1cccc(COC(=O)Cn2c(=O)cnc3ccccc32)c1. The van der Waals surface area contributed by atoms with Crippen molar-refractivity contribution >= 4 is 22.7 Å². The van der Waals surface area contributed by atoms with Gasteiger partial charge in [-0.1, -0.05) is 24.3 Å². The predicted molar refractivity (Wildman–Crippen MR) is 96.6 cm³/mol. The van der Waals surface area contributed by atoms with Crippen LogP contribution < -0.4 is 10.5 Å². The van der Waals surface area contributed by atoms with Crippen LogP contribution >= 0.6 is 0 Å². The van der Waals surface area contributed by atoms with Gasteiger partial charge in [0.1, 0.15) is 13.2 Å². The first-order valence-electron chi connectivity index (χ1n) is 7.91. The monoisotopic (exact) mass is 337 g/mol. The van der Waals surface area contributed by atoms with E-state index >= 15 is 0 Å². The molecule has 3 aromatic rings. The van der Waals surface area contributed by atoms with Crippen LogP contribution in [0, 0.1) is 0 Å². The van der Waals surface area contributed by atoms with E-state index in [0.717, 1.165) is 11.3 Å². The third-order valence-corrected chi connectivity index (χ3v) is 3.87. The van der Waals surface area contributed by atoms with E-state index in [1.807, 2.05) is 49.3 Å². The molecule has 0 saturated heterocycles. The number of aromatic nitrogens is 2. The average Bonchev–Trinajstić information content (AvgIpc) is 2.62. The minimum atomic E-state index is -0.464. The molecular weight excluding hydrogens is 318 g/mol. The molecule has 0 N–H and O–H groups in total. The van der Waals surface area contributed by atoms with Crippen LogP contribution in [-0.2, 0) is 22.7 Å². The van der Waals surface area contributed by atoms with Gasteiger partial charge in [-0.05, 0) is 29.8 Å². The Morgan fingerprint density at radius 2 is 1.96 bits per heavy atom. The Morgan fingerprint density at radius 1 is 1.16 bits per heavy atom. The van der Waals surface area contributed by atoms with Gasteiger partial charge in [0.15, 0.2) is 0 Å². The number of carbonyl (C=O) groups excluding carboxylic acids is 1. The van der Waals surface area contributed by atoms with Gasteiger partial charge >= 0.3 is 5.97 Å². The Kier molecular flexibility index (Phi) is 4.79. The first kappa shape index (κ1) is 16.7. The van der Waals surface area contributed by atoms with E-state index in [0.29, 0.717) is 11.0 Å². The molecule has 128 valence electrons. The van der Waals surface area contributed by atoms with E-state index in [1.54, 1.807) is 18.2 Å². The zero-order chi connectivity index (χ0) is 17.8. The summed E-state index contributed by atoms with van der Waals surface area (Å²) in [5.74, 6) is -0.464. The Bertz CT molecular complexity index is 963. The lowest BCUT2D eigenvalue weighted by molar-refractivity contribution is -0.145. The molecule has 0 unspecified atom stereocenters. The molecule has 0 amide bonds. The summed E-state index contributed by atoms with van der Waals surface area (Å²) in [6, 6.07) is 14.9. The number of esters is 1. The number of ether oxygens (including phenoxy) is 1. The number of carbonyl (C=O) groups is 1. The van der Waals surface area contributed by atoms with Crippen LogP contribution in [0.25, 0.3) is 11.0 Å². The summed E-state index contributed by atoms with van der Waals surface area (Å²) in [4.78, 5) is 30.3. The van der Waals surface area contributed by atoms with Crippen molar-refractivity contribution < 1.29 is 9.53 Å². The zero-order valence-corrected chi connectivity index (χ0v) is 14.2. The minimum Gasteiger partial charge on any atom is -0.459 e. The van der Waals surface area contributed by atoms with Crippen molar-refractivity contribution in [2.45, 2.75) is 13.2 Å². The summed E-state index contributed by atoms with van der Waals surface area (Å²) in [6.07, 6.45) is 1.22. The van der Waals surface area contributed by atoms with E-state index in [9.17, 15) is 9.59 Å². The summed E-state index contributed by atoms with van der Waals surface area (Å²) in [7, 11) is 3.90. The molecule has 25 heavy (non-hydrogen) atoms. The minimum absolute atomic E-state index is 0.144. The summed E-state index contributed by atoms with van der Waals surface area (Å²) >= 11 is 0. The molecule has 0 aliphatic rings. The molecular formula is C19H19N3O3. The van der Waals surface area contributed by atoms with Crippen molar-refractivity contribution in [2.24, 2.45) is 0 Å². The molecule has 3 rings (SSSR count). The maximum absolute atomic E-state index is 12.2. The van der Waals surface area contributed by atoms with Gasteiger partial charge in [-0.15, -0.1) is 0 Å². The molecule has 2 aromatic carbocycles. The lowest BCUT2D eigenvalue weighted by Crippen LogP contribution is -2.25. The van der Waals surface area contributed by atoms with Gasteiger partial charge in [-0.3, -0.25) is 14.2 Å². The van der Waals surface area contributed by atoms with Crippen LogP contribution in [0.3, 0.4) is 0 Å². The molecule has 0 aliphatic carbocycles. The zero-order valence-electron chi connectivity index (χ0n) is 14.2. The second-order valence-electron chi connectivity index (χ2n) is 5.90. The average molecular weight is 337 g/mol. The van der Waals surface area contributed by atoms with Gasteiger partial charge in [0.25, 0.3) is 5.56 Å². The van der Waals surface area contributed by atoms with E-state index in [4.69, 9.17) is 4.74 Å². The highest BCUT2D eigenvalue weighted by Crippen LogP contribution is 2.14. The second kappa shape index (κ2) is 7.17. The van der Waals surface area contributed by atoms with Crippen molar-refractivity contribution in [3.63, 3.8) is 0 Å². The highest BCUT2D eigenvalue weighted by atomic mass is 16.5. The quantitative estimate of drug-likeness (QED) is 0.668. The van der Waals surface area contributed by atoms with E-state index < -0.39 is 5.97 Å². The molecule has 0 bridgehead atoms. The first-order valence-corrected chi connectivity index (χ1v) is 7.91. The summed E-state index contributed by atoms with van der Waals surface area (Å²) in [5, 5.41) is 0. The number of anilines is 1. The highest BCUT2D eigenvalue weighted by molar-refractivity contribution is 5.77. The molecule has 6 heteroatoms. The number of para-hydroxylation sites is 2. The lowest BCUT2D eigenvalue weighted by Gasteiger charge is -2.14. The number of fused-ring (bicyclic) bond motifs is 1. The second-order valence-corrected chi connectivity index (χ2v) is 5.90. The van der Waals surface area contributed by atoms with Gasteiger partial charge in [0.2, 0.25) is 0 Å². The fraction of sp³-hybridized carbons (Fsp3) is 0.211. The van der Waals surface area contributed by atoms with Crippen LogP contribution in [0.2, 0.25) is 0 Å².